The number of halogens is 1. The van der Waals surface area contributed by atoms with Crippen LogP contribution in [-0.2, 0) is 6.54 Å². The van der Waals surface area contributed by atoms with Crippen LogP contribution in [0.4, 0.5) is 10.2 Å². The van der Waals surface area contributed by atoms with E-state index in [0.29, 0.717) is 41.4 Å². The number of aliphatic hydroxyl groups is 1. The van der Waals surface area contributed by atoms with Gasteiger partial charge in [-0.2, -0.15) is 5.10 Å². The lowest BCUT2D eigenvalue weighted by atomic mass is 10.2. The highest BCUT2D eigenvalue weighted by molar-refractivity contribution is 5.99. The van der Waals surface area contributed by atoms with E-state index in [1.807, 2.05) is 0 Å². The predicted molar refractivity (Wildman–Crippen MR) is 102 cm³/mol. The fraction of sp³-hybridized carbons (Fsp3) is 0.316. The van der Waals surface area contributed by atoms with Gasteiger partial charge in [-0.1, -0.05) is 0 Å². The van der Waals surface area contributed by atoms with Crippen LogP contribution >= 0.6 is 0 Å². The van der Waals surface area contributed by atoms with E-state index >= 15 is 0 Å². The van der Waals surface area contributed by atoms with Gasteiger partial charge in [0.2, 0.25) is 0 Å². The number of aliphatic hydroxyl groups excluding tert-OH is 1. The Morgan fingerprint density at radius 3 is 2.86 bits per heavy atom. The second-order valence-electron chi connectivity index (χ2n) is 6.44. The van der Waals surface area contributed by atoms with Crippen molar-refractivity contribution >= 4 is 17.4 Å². The third-order valence-electron chi connectivity index (χ3n) is 3.74. The molecule has 0 unspecified atom stereocenters. The molecule has 2 bridgehead atoms. The third kappa shape index (κ3) is 4.74. The van der Waals surface area contributed by atoms with Crippen molar-refractivity contribution in [1.29, 1.82) is 0 Å². The Kier molecular flexibility index (Phi) is 6.05. The number of carbonyl (C=O) groups excluding carboxylic acids is 1. The van der Waals surface area contributed by atoms with E-state index in [2.05, 4.69) is 20.7 Å². The molecule has 1 aliphatic rings. The number of benzene rings is 1. The van der Waals surface area contributed by atoms with Gasteiger partial charge in [0.05, 0.1) is 12.7 Å². The first-order valence-electron chi connectivity index (χ1n) is 8.90. The van der Waals surface area contributed by atoms with E-state index in [-0.39, 0.29) is 24.4 Å². The van der Waals surface area contributed by atoms with Crippen molar-refractivity contribution in [2.75, 3.05) is 18.5 Å². The number of rotatable bonds is 0. The fourth-order valence-electron chi connectivity index (χ4n) is 2.56. The summed E-state index contributed by atoms with van der Waals surface area (Å²) >= 11 is 0. The van der Waals surface area contributed by atoms with Crippen LogP contribution in [-0.4, -0.2) is 44.9 Å². The van der Waals surface area contributed by atoms with E-state index in [4.69, 9.17) is 9.84 Å². The Morgan fingerprint density at radius 2 is 2.07 bits per heavy atom. The summed E-state index contributed by atoms with van der Waals surface area (Å²) in [4.78, 5) is 16.7. The highest BCUT2D eigenvalue weighted by Gasteiger charge is 2.15. The molecule has 1 aromatic carbocycles. The molecule has 3 N–H and O–H groups in total. The quantitative estimate of drug-likeness (QED) is 0.545. The third-order valence-corrected chi connectivity index (χ3v) is 3.74. The smallest absolute Gasteiger partial charge is 0.256 e. The molecule has 9 heteroatoms. The minimum atomic E-state index is -0.335. The van der Waals surface area contributed by atoms with Crippen LogP contribution in [0.3, 0.4) is 0 Å². The van der Waals surface area contributed by atoms with Gasteiger partial charge in [0.25, 0.3) is 5.91 Å². The molecule has 4 rings (SSSR count). The Hall–Kier alpha value is -3.20. The number of carbonyl (C=O) groups is 1. The second-order valence-corrected chi connectivity index (χ2v) is 6.44. The van der Waals surface area contributed by atoms with Gasteiger partial charge >= 0.3 is 0 Å². The lowest BCUT2D eigenvalue weighted by Gasteiger charge is -2.12. The number of aromatic nitrogens is 3. The molecule has 8 nitrogen and oxygen atoms in total. The fourth-order valence-corrected chi connectivity index (χ4v) is 2.56. The summed E-state index contributed by atoms with van der Waals surface area (Å²) in [6.45, 7) is 4.39. The monoisotopic (exact) mass is 387 g/mol. The summed E-state index contributed by atoms with van der Waals surface area (Å²) in [6, 6.07) is 6.08. The Balaban J connectivity index is 0.000000516. The first-order chi connectivity index (χ1) is 13.4. The second kappa shape index (κ2) is 8.66. The van der Waals surface area contributed by atoms with E-state index in [1.54, 1.807) is 32.2 Å². The minimum absolute atomic E-state index is 0.167. The first-order valence-corrected chi connectivity index (χ1v) is 8.90. The lowest BCUT2D eigenvalue weighted by Crippen LogP contribution is -2.28. The van der Waals surface area contributed by atoms with Crippen LogP contribution in [0.5, 0.6) is 5.75 Å². The van der Waals surface area contributed by atoms with Gasteiger partial charge in [-0.25, -0.2) is 13.9 Å². The van der Waals surface area contributed by atoms with Gasteiger partial charge < -0.3 is 20.5 Å². The van der Waals surface area contributed by atoms with E-state index in [1.165, 1.54) is 22.8 Å². The molecule has 1 amide bonds. The zero-order valence-corrected chi connectivity index (χ0v) is 15.6. The zero-order valence-electron chi connectivity index (χ0n) is 15.6. The summed E-state index contributed by atoms with van der Waals surface area (Å²) < 4.78 is 20.7. The Labute approximate surface area is 161 Å². The molecule has 3 heterocycles. The summed E-state index contributed by atoms with van der Waals surface area (Å²) in [7, 11) is 0. The highest BCUT2D eigenvalue weighted by Crippen LogP contribution is 2.21. The van der Waals surface area contributed by atoms with E-state index in [9.17, 15) is 9.18 Å². The molecule has 1 aliphatic heterocycles. The van der Waals surface area contributed by atoms with Crippen LogP contribution in [0.25, 0.3) is 5.65 Å². The lowest BCUT2D eigenvalue weighted by molar-refractivity contribution is 0.0948. The van der Waals surface area contributed by atoms with Crippen molar-refractivity contribution in [3.05, 3.63) is 53.6 Å². The maximum absolute atomic E-state index is 13.5. The zero-order chi connectivity index (χ0) is 20.1. The molecule has 0 spiro atoms. The molecule has 3 aromatic rings. The van der Waals surface area contributed by atoms with Crippen molar-refractivity contribution in [2.24, 2.45) is 0 Å². The summed E-state index contributed by atoms with van der Waals surface area (Å²) in [5.74, 6) is 0.531. The van der Waals surface area contributed by atoms with Crippen molar-refractivity contribution in [2.45, 2.75) is 26.5 Å². The van der Waals surface area contributed by atoms with Gasteiger partial charge in [-0.05, 0) is 38.1 Å². The molecular weight excluding hydrogens is 365 g/mol. The molecule has 0 fully saturated rings. The summed E-state index contributed by atoms with van der Waals surface area (Å²) in [5.41, 5.74) is 1.52. The average molecular weight is 387 g/mol. The number of amides is 1. The molecular formula is C19H22FN5O3. The number of anilines is 1. The number of ether oxygens (including phenoxy) is 1. The van der Waals surface area contributed by atoms with Gasteiger partial charge in [0.1, 0.15) is 29.6 Å². The summed E-state index contributed by atoms with van der Waals surface area (Å²) in [6.07, 6.45) is 3.02. The first kappa shape index (κ1) is 19.6. The average Bonchev–Trinajstić information content (AvgIpc) is 3.07. The van der Waals surface area contributed by atoms with Crippen molar-refractivity contribution in [3.63, 3.8) is 0 Å². The molecule has 28 heavy (non-hydrogen) atoms. The normalized spacial score (nSPS) is 13.8. The van der Waals surface area contributed by atoms with Crippen LogP contribution < -0.4 is 15.4 Å². The number of fused-ring (bicyclic) bond motifs is 2. The Morgan fingerprint density at radius 1 is 1.29 bits per heavy atom. The van der Waals surface area contributed by atoms with E-state index in [0.717, 1.165) is 0 Å². The molecule has 0 radical (unpaired) electrons. The van der Waals surface area contributed by atoms with Crippen molar-refractivity contribution in [3.8, 4) is 5.75 Å². The number of nitrogens with zero attached hydrogens (tertiary/aromatic N) is 3. The van der Waals surface area contributed by atoms with Crippen LogP contribution in [0.2, 0.25) is 0 Å². The largest absolute Gasteiger partial charge is 0.491 e. The SMILES string of the molecule is CC(C)O.O=C1NCCOc2ccc(F)cc2CNc2ccn3ncc1c3n2. The van der Waals surface area contributed by atoms with Crippen molar-refractivity contribution in [1.82, 2.24) is 19.9 Å². The van der Waals surface area contributed by atoms with Gasteiger partial charge in [0.15, 0.2) is 5.65 Å². The number of hydrogen-bond donors (Lipinski definition) is 3. The highest BCUT2D eigenvalue weighted by atomic mass is 19.1. The van der Waals surface area contributed by atoms with Crippen molar-refractivity contribution < 1.29 is 19.0 Å². The van der Waals surface area contributed by atoms with E-state index < -0.39 is 0 Å². The maximum Gasteiger partial charge on any atom is 0.256 e. The molecule has 0 aliphatic carbocycles. The maximum atomic E-state index is 13.5. The van der Waals surface area contributed by atoms with Gasteiger partial charge in [-0.3, -0.25) is 4.79 Å². The van der Waals surface area contributed by atoms with Crippen LogP contribution in [0.15, 0.2) is 36.7 Å². The number of hydrogen-bond acceptors (Lipinski definition) is 6. The topological polar surface area (TPSA) is 101 Å². The Bertz CT molecular complexity index is 971. The standard InChI is InChI=1S/C16H14FN5O2.C3H8O/c17-11-1-2-13-10(7-11)8-19-14-3-5-22-15(21-14)12(9-20-22)16(23)18-4-6-24-13;1-3(2)4/h1-3,5,7,9H,4,6,8H2,(H,18,23)(H,19,21);3-4H,1-2H3. The van der Waals surface area contributed by atoms with Crippen LogP contribution in [0, 0.1) is 5.82 Å². The molecule has 0 saturated heterocycles. The minimum Gasteiger partial charge on any atom is -0.491 e. The predicted octanol–water partition coefficient (Wildman–Crippen LogP) is 1.99. The molecule has 0 atom stereocenters. The molecule has 0 saturated carbocycles. The van der Waals surface area contributed by atoms with Crippen LogP contribution in [0.1, 0.15) is 29.8 Å². The number of nitrogens with one attached hydrogen (secondary N) is 2. The molecule has 2 aromatic heterocycles. The van der Waals surface area contributed by atoms with Gasteiger partial charge in [0, 0.05) is 24.4 Å². The summed E-state index contributed by atoms with van der Waals surface area (Å²) in [5, 5.41) is 18.1. The van der Waals surface area contributed by atoms with Gasteiger partial charge in [-0.15, -0.1) is 0 Å². The molecule has 148 valence electrons.